The lowest BCUT2D eigenvalue weighted by Crippen LogP contribution is -2.36. The van der Waals surface area contributed by atoms with Gasteiger partial charge in [0.25, 0.3) is 5.91 Å². The van der Waals surface area contributed by atoms with E-state index >= 15 is 0 Å². The van der Waals surface area contributed by atoms with Crippen LogP contribution in [0.25, 0.3) is 5.69 Å². The largest absolute Gasteiger partial charge is 0.332 e. The molecule has 0 aliphatic carbocycles. The third kappa shape index (κ3) is 3.75. The molecule has 2 aromatic carbocycles. The SMILES string of the molecule is CC(C)N(Cc1ccc(C#N)cc1)C(=O)c1cccc(-n2cnnn2)c1. The van der Waals surface area contributed by atoms with Crippen molar-refractivity contribution in [2.45, 2.75) is 26.4 Å². The molecule has 0 saturated heterocycles. The molecule has 0 atom stereocenters. The van der Waals surface area contributed by atoms with Gasteiger partial charge in [-0.3, -0.25) is 4.79 Å². The summed E-state index contributed by atoms with van der Waals surface area (Å²) < 4.78 is 1.51. The van der Waals surface area contributed by atoms with Crippen LogP contribution in [0.15, 0.2) is 54.9 Å². The lowest BCUT2D eigenvalue weighted by Gasteiger charge is -2.27. The topological polar surface area (TPSA) is 87.7 Å². The van der Waals surface area contributed by atoms with Gasteiger partial charge in [-0.2, -0.15) is 5.26 Å². The summed E-state index contributed by atoms with van der Waals surface area (Å²) in [7, 11) is 0. The number of hydrogen-bond donors (Lipinski definition) is 0. The molecular formula is C19H18N6O. The fourth-order valence-electron chi connectivity index (χ4n) is 2.60. The highest BCUT2D eigenvalue weighted by atomic mass is 16.2. The fraction of sp³-hybridized carbons (Fsp3) is 0.211. The van der Waals surface area contributed by atoms with Crippen LogP contribution in [-0.4, -0.2) is 37.1 Å². The number of aromatic nitrogens is 4. The Labute approximate surface area is 151 Å². The molecule has 0 radical (unpaired) electrons. The highest BCUT2D eigenvalue weighted by Gasteiger charge is 2.19. The monoisotopic (exact) mass is 346 g/mol. The molecule has 26 heavy (non-hydrogen) atoms. The molecule has 0 spiro atoms. The van der Waals surface area contributed by atoms with E-state index in [1.165, 1.54) is 11.0 Å². The third-order valence-corrected chi connectivity index (χ3v) is 4.03. The van der Waals surface area contributed by atoms with Crippen molar-refractivity contribution >= 4 is 5.91 Å². The maximum atomic E-state index is 13.0. The second-order valence-electron chi connectivity index (χ2n) is 6.14. The molecule has 7 nitrogen and oxygen atoms in total. The van der Waals surface area contributed by atoms with Gasteiger partial charge >= 0.3 is 0 Å². The van der Waals surface area contributed by atoms with E-state index in [4.69, 9.17) is 5.26 Å². The maximum Gasteiger partial charge on any atom is 0.254 e. The number of nitriles is 1. The summed E-state index contributed by atoms with van der Waals surface area (Å²) in [6.45, 7) is 4.43. The molecule has 3 rings (SSSR count). The van der Waals surface area contributed by atoms with E-state index in [1.54, 1.807) is 29.2 Å². The van der Waals surface area contributed by atoms with E-state index in [9.17, 15) is 4.79 Å². The Balaban J connectivity index is 1.85. The number of nitrogens with zero attached hydrogens (tertiary/aromatic N) is 6. The number of rotatable bonds is 5. The van der Waals surface area contributed by atoms with Crippen molar-refractivity contribution in [3.63, 3.8) is 0 Å². The Morgan fingerprint density at radius 2 is 2.00 bits per heavy atom. The minimum atomic E-state index is -0.0701. The summed E-state index contributed by atoms with van der Waals surface area (Å²) in [6.07, 6.45) is 1.49. The highest BCUT2D eigenvalue weighted by Crippen LogP contribution is 2.16. The van der Waals surface area contributed by atoms with Crippen LogP contribution < -0.4 is 0 Å². The molecule has 1 amide bonds. The summed E-state index contributed by atoms with van der Waals surface area (Å²) >= 11 is 0. The molecule has 0 bridgehead atoms. The Morgan fingerprint density at radius 3 is 2.62 bits per heavy atom. The molecule has 0 fully saturated rings. The number of benzene rings is 2. The normalized spacial score (nSPS) is 10.5. The van der Waals surface area contributed by atoms with Crippen molar-refractivity contribution in [2.24, 2.45) is 0 Å². The van der Waals surface area contributed by atoms with Crippen LogP contribution in [0, 0.1) is 11.3 Å². The zero-order valence-corrected chi connectivity index (χ0v) is 14.6. The van der Waals surface area contributed by atoms with Crippen LogP contribution in [0.1, 0.15) is 35.3 Å². The average Bonchev–Trinajstić information content (AvgIpc) is 3.21. The zero-order valence-electron chi connectivity index (χ0n) is 14.6. The van der Waals surface area contributed by atoms with E-state index < -0.39 is 0 Å². The van der Waals surface area contributed by atoms with Crippen molar-refractivity contribution in [2.75, 3.05) is 0 Å². The smallest absolute Gasteiger partial charge is 0.254 e. The Bertz CT molecular complexity index is 925. The van der Waals surface area contributed by atoms with Gasteiger partial charge in [-0.1, -0.05) is 18.2 Å². The summed E-state index contributed by atoms with van der Waals surface area (Å²) in [6, 6.07) is 16.6. The zero-order chi connectivity index (χ0) is 18.5. The van der Waals surface area contributed by atoms with Crippen LogP contribution in [-0.2, 0) is 6.54 Å². The van der Waals surface area contributed by atoms with Gasteiger partial charge in [0.05, 0.1) is 17.3 Å². The van der Waals surface area contributed by atoms with Gasteiger partial charge in [-0.25, -0.2) is 4.68 Å². The van der Waals surface area contributed by atoms with Crippen molar-refractivity contribution in [3.05, 3.63) is 71.5 Å². The van der Waals surface area contributed by atoms with Gasteiger partial charge in [0, 0.05) is 18.2 Å². The summed E-state index contributed by atoms with van der Waals surface area (Å²) in [5, 5.41) is 20.0. The lowest BCUT2D eigenvalue weighted by atomic mass is 10.1. The third-order valence-electron chi connectivity index (χ3n) is 4.03. The van der Waals surface area contributed by atoms with Crippen LogP contribution in [0.3, 0.4) is 0 Å². The summed E-state index contributed by atoms with van der Waals surface area (Å²) in [5.41, 5.74) is 2.87. The Hall–Kier alpha value is -3.53. The van der Waals surface area contributed by atoms with Gasteiger partial charge in [-0.05, 0) is 60.2 Å². The first-order chi connectivity index (χ1) is 12.6. The van der Waals surface area contributed by atoms with Gasteiger partial charge < -0.3 is 4.90 Å². The molecule has 3 aromatic rings. The predicted molar refractivity (Wildman–Crippen MR) is 95.3 cm³/mol. The highest BCUT2D eigenvalue weighted by molar-refractivity contribution is 5.95. The minimum absolute atomic E-state index is 0.0230. The van der Waals surface area contributed by atoms with Crippen LogP contribution in [0.4, 0.5) is 0 Å². The van der Waals surface area contributed by atoms with Gasteiger partial charge in [0.1, 0.15) is 6.33 Å². The number of tetrazole rings is 1. The lowest BCUT2D eigenvalue weighted by molar-refractivity contribution is 0.0690. The standard InChI is InChI=1S/C19H18N6O/c1-14(2)24(12-16-8-6-15(11-20)7-9-16)19(26)17-4-3-5-18(10-17)25-13-21-22-23-25/h3-10,13-14H,12H2,1-2H3. The quantitative estimate of drug-likeness (QED) is 0.708. The van der Waals surface area contributed by atoms with E-state index in [2.05, 4.69) is 21.6 Å². The number of hydrogen-bond acceptors (Lipinski definition) is 5. The van der Waals surface area contributed by atoms with E-state index in [-0.39, 0.29) is 11.9 Å². The first-order valence-electron chi connectivity index (χ1n) is 8.22. The van der Waals surface area contributed by atoms with Crippen LogP contribution in [0.5, 0.6) is 0 Å². The molecule has 0 N–H and O–H groups in total. The molecule has 130 valence electrons. The minimum Gasteiger partial charge on any atom is -0.332 e. The molecule has 0 aliphatic rings. The molecule has 7 heteroatoms. The summed E-state index contributed by atoms with van der Waals surface area (Å²) in [4.78, 5) is 14.8. The van der Waals surface area contributed by atoms with Gasteiger partial charge in [0.2, 0.25) is 0 Å². The average molecular weight is 346 g/mol. The maximum absolute atomic E-state index is 13.0. The van der Waals surface area contributed by atoms with Crippen molar-refractivity contribution in [1.29, 1.82) is 5.26 Å². The first kappa shape index (κ1) is 17.3. The Kier molecular flexibility index (Phi) is 5.04. The molecule has 0 unspecified atom stereocenters. The van der Waals surface area contributed by atoms with E-state index in [1.807, 2.05) is 38.1 Å². The number of carbonyl (C=O) groups is 1. The van der Waals surface area contributed by atoms with E-state index in [0.29, 0.717) is 17.7 Å². The fourth-order valence-corrected chi connectivity index (χ4v) is 2.60. The molecule has 0 saturated carbocycles. The first-order valence-corrected chi connectivity index (χ1v) is 8.22. The number of carbonyl (C=O) groups excluding carboxylic acids is 1. The second-order valence-corrected chi connectivity index (χ2v) is 6.14. The van der Waals surface area contributed by atoms with E-state index in [0.717, 1.165) is 11.3 Å². The van der Waals surface area contributed by atoms with Crippen molar-refractivity contribution < 1.29 is 4.79 Å². The molecular weight excluding hydrogens is 328 g/mol. The second kappa shape index (κ2) is 7.57. The van der Waals surface area contributed by atoms with Crippen molar-refractivity contribution in [3.8, 4) is 11.8 Å². The molecule has 1 heterocycles. The van der Waals surface area contributed by atoms with Crippen molar-refractivity contribution in [1.82, 2.24) is 25.1 Å². The van der Waals surface area contributed by atoms with Gasteiger partial charge in [0.15, 0.2) is 0 Å². The predicted octanol–water partition coefficient (Wildman–Crippen LogP) is 2.58. The molecule has 0 aliphatic heterocycles. The molecule has 1 aromatic heterocycles. The Morgan fingerprint density at radius 1 is 1.23 bits per heavy atom. The summed E-state index contributed by atoms with van der Waals surface area (Å²) in [5.74, 6) is -0.0701. The number of amides is 1. The van der Waals surface area contributed by atoms with Crippen LogP contribution in [0.2, 0.25) is 0 Å². The van der Waals surface area contributed by atoms with Crippen LogP contribution >= 0.6 is 0 Å². The van der Waals surface area contributed by atoms with Gasteiger partial charge in [-0.15, -0.1) is 5.10 Å².